The van der Waals surface area contributed by atoms with E-state index in [1.54, 1.807) is 16.3 Å². The highest BCUT2D eigenvalue weighted by Gasteiger charge is 2.12. The van der Waals surface area contributed by atoms with Crippen LogP contribution in [-0.4, -0.2) is 25.8 Å². The van der Waals surface area contributed by atoms with E-state index in [4.69, 9.17) is 0 Å². The Morgan fingerprint density at radius 3 is 2.67 bits per heavy atom. The van der Waals surface area contributed by atoms with Crippen molar-refractivity contribution < 1.29 is 0 Å². The lowest BCUT2D eigenvalue weighted by Crippen LogP contribution is -2.02. The molecule has 2 rings (SSSR count). The SMILES string of the molecule is CSc1nc(C)n2ncc(C(C)C)c2n1. The quantitative estimate of drug-likeness (QED) is 0.731. The fourth-order valence-corrected chi connectivity index (χ4v) is 1.90. The summed E-state index contributed by atoms with van der Waals surface area (Å²) < 4.78 is 1.80. The van der Waals surface area contributed by atoms with Crippen LogP contribution in [0.3, 0.4) is 0 Å². The highest BCUT2D eigenvalue weighted by Crippen LogP contribution is 2.20. The molecule has 0 fully saturated rings. The van der Waals surface area contributed by atoms with Crippen LogP contribution in [0.4, 0.5) is 0 Å². The second-order valence-electron chi connectivity index (χ2n) is 3.75. The minimum atomic E-state index is 0.437. The van der Waals surface area contributed by atoms with Gasteiger partial charge in [0, 0.05) is 5.56 Å². The Hall–Kier alpha value is -1.10. The first kappa shape index (κ1) is 10.4. The van der Waals surface area contributed by atoms with E-state index in [1.165, 1.54) is 5.56 Å². The van der Waals surface area contributed by atoms with Gasteiger partial charge in [-0.25, -0.2) is 14.5 Å². The zero-order valence-electron chi connectivity index (χ0n) is 9.35. The molecule has 0 amide bonds. The number of hydrogen-bond donors (Lipinski definition) is 0. The van der Waals surface area contributed by atoms with E-state index in [2.05, 4.69) is 28.9 Å². The molecule has 0 bridgehead atoms. The molecule has 0 N–H and O–H groups in total. The molecule has 2 aromatic heterocycles. The first-order valence-electron chi connectivity index (χ1n) is 4.89. The van der Waals surface area contributed by atoms with Crippen LogP contribution in [0.2, 0.25) is 0 Å². The second kappa shape index (κ2) is 3.81. The van der Waals surface area contributed by atoms with Crippen molar-refractivity contribution in [3.05, 3.63) is 17.6 Å². The number of rotatable bonds is 2. The number of fused-ring (bicyclic) bond motifs is 1. The molecule has 0 atom stereocenters. The molecule has 2 heterocycles. The molecule has 2 aromatic rings. The van der Waals surface area contributed by atoms with Crippen molar-refractivity contribution in [3.8, 4) is 0 Å². The van der Waals surface area contributed by atoms with Crippen molar-refractivity contribution in [1.82, 2.24) is 19.6 Å². The van der Waals surface area contributed by atoms with Crippen LogP contribution in [0.5, 0.6) is 0 Å². The molecule has 0 radical (unpaired) electrons. The Kier molecular flexibility index (Phi) is 2.65. The molecule has 0 saturated heterocycles. The maximum Gasteiger partial charge on any atom is 0.191 e. The van der Waals surface area contributed by atoms with Gasteiger partial charge in [-0.3, -0.25) is 0 Å². The highest BCUT2D eigenvalue weighted by molar-refractivity contribution is 7.98. The van der Waals surface area contributed by atoms with Gasteiger partial charge in [-0.1, -0.05) is 25.6 Å². The van der Waals surface area contributed by atoms with E-state index in [9.17, 15) is 0 Å². The topological polar surface area (TPSA) is 43.1 Å². The highest BCUT2D eigenvalue weighted by atomic mass is 32.2. The molecular formula is C10H14N4S. The Balaban J connectivity index is 2.72. The minimum Gasteiger partial charge on any atom is -0.208 e. The molecule has 5 heteroatoms. The largest absolute Gasteiger partial charge is 0.208 e. The first-order chi connectivity index (χ1) is 7.13. The van der Waals surface area contributed by atoms with Gasteiger partial charge in [0.25, 0.3) is 0 Å². The average molecular weight is 222 g/mol. The van der Waals surface area contributed by atoms with E-state index in [0.717, 1.165) is 16.6 Å². The number of aryl methyl sites for hydroxylation is 1. The van der Waals surface area contributed by atoms with Crippen molar-refractivity contribution in [2.24, 2.45) is 0 Å². The van der Waals surface area contributed by atoms with Crippen LogP contribution < -0.4 is 0 Å². The summed E-state index contributed by atoms with van der Waals surface area (Å²) in [6.07, 6.45) is 3.86. The number of nitrogens with zero attached hydrogens (tertiary/aromatic N) is 4. The van der Waals surface area contributed by atoms with Crippen molar-refractivity contribution >= 4 is 17.4 Å². The molecule has 0 aromatic carbocycles. The van der Waals surface area contributed by atoms with Gasteiger partial charge in [-0.05, 0) is 19.1 Å². The lowest BCUT2D eigenvalue weighted by molar-refractivity contribution is 0.782. The summed E-state index contributed by atoms with van der Waals surface area (Å²) >= 11 is 1.56. The van der Waals surface area contributed by atoms with Gasteiger partial charge < -0.3 is 0 Å². The van der Waals surface area contributed by atoms with E-state index in [1.807, 2.05) is 19.4 Å². The van der Waals surface area contributed by atoms with Crippen molar-refractivity contribution in [1.29, 1.82) is 0 Å². The normalized spacial score (nSPS) is 11.5. The predicted molar refractivity (Wildman–Crippen MR) is 61.4 cm³/mol. The summed E-state index contributed by atoms with van der Waals surface area (Å²) in [6, 6.07) is 0. The third kappa shape index (κ3) is 1.71. The number of hydrogen-bond acceptors (Lipinski definition) is 4. The van der Waals surface area contributed by atoms with Crippen LogP contribution in [-0.2, 0) is 0 Å². The van der Waals surface area contributed by atoms with Crippen molar-refractivity contribution in [2.45, 2.75) is 31.8 Å². The van der Waals surface area contributed by atoms with Gasteiger partial charge in [0.15, 0.2) is 10.8 Å². The van der Waals surface area contributed by atoms with Crippen LogP contribution in [0.15, 0.2) is 11.4 Å². The van der Waals surface area contributed by atoms with E-state index >= 15 is 0 Å². The standard InChI is InChI=1S/C10H14N4S/c1-6(2)8-5-11-14-7(3)12-10(15-4)13-9(8)14/h5-6H,1-4H3. The van der Waals surface area contributed by atoms with Crippen molar-refractivity contribution in [3.63, 3.8) is 0 Å². The summed E-state index contributed by atoms with van der Waals surface area (Å²) in [6.45, 7) is 6.24. The van der Waals surface area contributed by atoms with Gasteiger partial charge in [0.1, 0.15) is 5.82 Å². The van der Waals surface area contributed by atoms with Gasteiger partial charge in [-0.2, -0.15) is 5.10 Å². The van der Waals surface area contributed by atoms with Crippen molar-refractivity contribution in [2.75, 3.05) is 6.26 Å². The lowest BCUT2D eigenvalue weighted by atomic mass is 10.1. The zero-order valence-corrected chi connectivity index (χ0v) is 10.2. The Bertz CT molecular complexity index is 489. The van der Waals surface area contributed by atoms with Crippen LogP contribution in [0.25, 0.3) is 5.65 Å². The molecule has 0 spiro atoms. The predicted octanol–water partition coefficient (Wildman–Crippen LogP) is 2.28. The smallest absolute Gasteiger partial charge is 0.191 e. The fourth-order valence-electron chi connectivity index (χ4n) is 1.50. The molecule has 80 valence electrons. The van der Waals surface area contributed by atoms with Gasteiger partial charge in [-0.15, -0.1) is 0 Å². The van der Waals surface area contributed by atoms with E-state index in [-0.39, 0.29) is 0 Å². The monoisotopic (exact) mass is 222 g/mol. The summed E-state index contributed by atoms with van der Waals surface area (Å²) in [5.74, 6) is 1.32. The van der Waals surface area contributed by atoms with Crippen LogP contribution in [0.1, 0.15) is 31.2 Å². The Morgan fingerprint density at radius 2 is 2.07 bits per heavy atom. The Labute approximate surface area is 93.1 Å². The molecule has 0 unspecified atom stereocenters. The third-order valence-electron chi connectivity index (χ3n) is 2.34. The van der Waals surface area contributed by atoms with E-state index in [0.29, 0.717) is 5.92 Å². The fraction of sp³-hybridized carbons (Fsp3) is 0.500. The summed E-state index contributed by atoms with van der Waals surface area (Å²) in [4.78, 5) is 8.83. The molecular weight excluding hydrogens is 208 g/mol. The maximum absolute atomic E-state index is 4.49. The summed E-state index contributed by atoms with van der Waals surface area (Å²) in [7, 11) is 0. The summed E-state index contributed by atoms with van der Waals surface area (Å²) in [5.41, 5.74) is 2.11. The summed E-state index contributed by atoms with van der Waals surface area (Å²) in [5, 5.41) is 5.11. The van der Waals surface area contributed by atoms with Gasteiger partial charge in [0.05, 0.1) is 6.20 Å². The molecule has 15 heavy (non-hydrogen) atoms. The minimum absolute atomic E-state index is 0.437. The molecule has 0 aliphatic carbocycles. The maximum atomic E-state index is 4.49. The van der Waals surface area contributed by atoms with Crippen LogP contribution in [0, 0.1) is 6.92 Å². The van der Waals surface area contributed by atoms with Gasteiger partial charge in [0.2, 0.25) is 0 Å². The lowest BCUT2D eigenvalue weighted by Gasteiger charge is -2.04. The third-order valence-corrected chi connectivity index (χ3v) is 2.89. The van der Waals surface area contributed by atoms with Crippen LogP contribution >= 0.6 is 11.8 Å². The molecule has 0 aliphatic heterocycles. The van der Waals surface area contributed by atoms with E-state index < -0.39 is 0 Å². The zero-order chi connectivity index (χ0) is 11.0. The Morgan fingerprint density at radius 1 is 1.33 bits per heavy atom. The molecule has 0 aliphatic rings. The molecule has 4 nitrogen and oxygen atoms in total. The molecule has 0 saturated carbocycles. The average Bonchev–Trinajstić information content (AvgIpc) is 2.61. The number of aromatic nitrogens is 4. The van der Waals surface area contributed by atoms with Gasteiger partial charge >= 0.3 is 0 Å². The second-order valence-corrected chi connectivity index (χ2v) is 4.52. The first-order valence-corrected chi connectivity index (χ1v) is 6.12. The number of thioether (sulfide) groups is 1.